The zero-order valence-corrected chi connectivity index (χ0v) is 13.5. The summed E-state index contributed by atoms with van der Waals surface area (Å²) in [6.07, 6.45) is 2.19. The number of piperidine rings is 1. The molecule has 1 aromatic heterocycles. The first-order valence-corrected chi connectivity index (χ1v) is 8.45. The number of ether oxygens (including phenoxy) is 1. The number of aliphatic hydroxyl groups is 1. The molecule has 1 atom stereocenters. The highest BCUT2D eigenvalue weighted by Crippen LogP contribution is 2.25. The minimum Gasteiger partial charge on any atom is -0.395 e. The van der Waals surface area contributed by atoms with E-state index in [1.165, 1.54) is 0 Å². The van der Waals surface area contributed by atoms with Crippen LogP contribution in [0.15, 0.2) is 18.2 Å². The Morgan fingerprint density at radius 2 is 2.13 bits per heavy atom. The van der Waals surface area contributed by atoms with Gasteiger partial charge in [-0.05, 0) is 31.5 Å². The fraction of sp³-hybridized carbons (Fsp3) is 0.647. The normalized spacial score (nSPS) is 23.0. The lowest BCUT2D eigenvalue weighted by Gasteiger charge is -2.32. The number of carbonyl (C=O) groups excluding carboxylic acids is 1. The molecule has 1 amide bonds. The van der Waals surface area contributed by atoms with Crippen molar-refractivity contribution in [3.05, 3.63) is 29.6 Å². The third kappa shape index (κ3) is 4.07. The first-order chi connectivity index (χ1) is 11.3. The van der Waals surface area contributed by atoms with Crippen LogP contribution in [-0.2, 0) is 4.74 Å². The number of amides is 1. The minimum atomic E-state index is -0.00169. The molecule has 126 valence electrons. The Morgan fingerprint density at radius 3 is 2.91 bits per heavy atom. The molecule has 23 heavy (non-hydrogen) atoms. The van der Waals surface area contributed by atoms with Crippen molar-refractivity contribution >= 4 is 5.91 Å². The first kappa shape index (κ1) is 16.4. The van der Waals surface area contributed by atoms with Gasteiger partial charge in [0, 0.05) is 37.8 Å². The molecular weight excluding hydrogens is 294 g/mol. The Hall–Kier alpha value is -1.50. The third-order valence-electron chi connectivity index (χ3n) is 4.63. The maximum absolute atomic E-state index is 12.6. The van der Waals surface area contributed by atoms with Crippen LogP contribution in [0.2, 0.25) is 0 Å². The first-order valence-electron chi connectivity index (χ1n) is 8.45. The molecule has 3 heterocycles. The van der Waals surface area contributed by atoms with Crippen LogP contribution in [0.4, 0.5) is 0 Å². The van der Waals surface area contributed by atoms with Gasteiger partial charge in [0.1, 0.15) is 5.69 Å². The van der Waals surface area contributed by atoms with Gasteiger partial charge in [0.2, 0.25) is 0 Å². The molecule has 3 rings (SSSR count). The Morgan fingerprint density at radius 1 is 1.30 bits per heavy atom. The van der Waals surface area contributed by atoms with Crippen LogP contribution < -0.4 is 0 Å². The maximum Gasteiger partial charge on any atom is 0.272 e. The number of aromatic nitrogens is 1. The molecule has 0 aliphatic carbocycles. The molecule has 0 saturated carbocycles. The molecule has 1 N–H and O–H groups in total. The lowest BCUT2D eigenvalue weighted by atomic mass is 9.94. The van der Waals surface area contributed by atoms with Crippen molar-refractivity contribution in [2.45, 2.75) is 18.8 Å². The zero-order chi connectivity index (χ0) is 16.1. The van der Waals surface area contributed by atoms with Crippen molar-refractivity contribution in [1.82, 2.24) is 14.8 Å². The number of hydrogen-bond donors (Lipinski definition) is 1. The monoisotopic (exact) mass is 319 g/mol. The van der Waals surface area contributed by atoms with Crippen LogP contribution in [0.5, 0.6) is 0 Å². The van der Waals surface area contributed by atoms with Crippen LogP contribution in [0.3, 0.4) is 0 Å². The van der Waals surface area contributed by atoms with Crippen LogP contribution >= 0.6 is 0 Å². The maximum atomic E-state index is 12.6. The molecule has 1 unspecified atom stereocenters. The summed E-state index contributed by atoms with van der Waals surface area (Å²) in [5, 5.41) is 9.12. The Kier molecular flexibility index (Phi) is 5.59. The van der Waals surface area contributed by atoms with Crippen LogP contribution in [0, 0.1) is 0 Å². The van der Waals surface area contributed by atoms with Crippen LogP contribution in [-0.4, -0.2) is 78.3 Å². The molecule has 0 spiro atoms. The van der Waals surface area contributed by atoms with E-state index in [2.05, 4.69) is 9.88 Å². The second-order valence-corrected chi connectivity index (χ2v) is 6.22. The van der Waals surface area contributed by atoms with Crippen LogP contribution in [0.25, 0.3) is 0 Å². The van der Waals surface area contributed by atoms with E-state index in [0.29, 0.717) is 44.5 Å². The Labute approximate surface area is 137 Å². The number of morpholine rings is 1. The molecule has 2 saturated heterocycles. The van der Waals surface area contributed by atoms with Gasteiger partial charge in [-0.15, -0.1) is 0 Å². The summed E-state index contributed by atoms with van der Waals surface area (Å²) in [4.78, 5) is 21.3. The molecular formula is C17H25N3O3. The number of hydrogen-bond acceptors (Lipinski definition) is 5. The van der Waals surface area contributed by atoms with E-state index < -0.39 is 0 Å². The highest BCUT2D eigenvalue weighted by Gasteiger charge is 2.24. The molecule has 0 radical (unpaired) electrons. The molecule has 0 aromatic carbocycles. The van der Waals surface area contributed by atoms with E-state index in [0.717, 1.165) is 31.6 Å². The summed E-state index contributed by atoms with van der Waals surface area (Å²) in [5.74, 6) is 0.339. The van der Waals surface area contributed by atoms with E-state index in [4.69, 9.17) is 9.84 Å². The fourth-order valence-electron chi connectivity index (χ4n) is 3.37. The number of pyridine rings is 1. The number of carbonyl (C=O) groups is 1. The van der Waals surface area contributed by atoms with Gasteiger partial charge in [-0.25, -0.2) is 4.98 Å². The Bertz CT molecular complexity index is 530. The molecule has 6 nitrogen and oxygen atoms in total. The molecule has 2 aliphatic heterocycles. The number of β-amino-alcohol motifs (C(OH)–C–C–N with tert-alkyl or cyclic N) is 1. The largest absolute Gasteiger partial charge is 0.395 e. The second-order valence-electron chi connectivity index (χ2n) is 6.22. The summed E-state index contributed by atoms with van der Waals surface area (Å²) in [6, 6.07) is 5.75. The zero-order valence-electron chi connectivity index (χ0n) is 13.5. The fourth-order valence-corrected chi connectivity index (χ4v) is 3.37. The lowest BCUT2D eigenvalue weighted by molar-refractivity contribution is 0.0298. The SMILES string of the molecule is O=C(c1cccc(C2CCCN(CCO)C2)n1)N1CCOCC1. The van der Waals surface area contributed by atoms with Gasteiger partial charge in [-0.1, -0.05) is 6.07 Å². The predicted molar refractivity (Wildman–Crippen MR) is 86.5 cm³/mol. The van der Waals surface area contributed by atoms with Crippen molar-refractivity contribution in [1.29, 1.82) is 0 Å². The average molecular weight is 319 g/mol. The van der Waals surface area contributed by atoms with Gasteiger partial charge >= 0.3 is 0 Å². The number of aliphatic hydroxyl groups excluding tert-OH is 1. The van der Waals surface area contributed by atoms with Crippen molar-refractivity contribution in [2.75, 3.05) is 52.5 Å². The van der Waals surface area contributed by atoms with E-state index in [9.17, 15) is 4.79 Å². The van der Waals surface area contributed by atoms with Crippen molar-refractivity contribution in [2.24, 2.45) is 0 Å². The summed E-state index contributed by atoms with van der Waals surface area (Å²) >= 11 is 0. The molecule has 0 bridgehead atoms. The lowest BCUT2D eigenvalue weighted by Crippen LogP contribution is -2.41. The van der Waals surface area contributed by atoms with Gasteiger partial charge in [0.05, 0.1) is 19.8 Å². The van der Waals surface area contributed by atoms with Gasteiger partial charge in [0.15, 0.2) is 0 Å². The summed E-state index contributed by atoms with van der Waals surface area (Å²) < 4.78 is 5.30. The quantitative estimate of drug-likeness (QED) is 0.886. The molecule has 2 aliphatic rings. The van der Waals surface area contributed by atoms with Crippen molar-refractivity contribution in [3.8, 4) is 0 Å². The van der Waals surface area contributed by atoms with Crippen molar-refractivity contribution < 1.29 is 14.6 Å². The van der Waals surface area contributed by atoms with Crippen molar-refractivity contribution in [3.63, 3.8) is 0 Å². The number of nitrogens with zero attached hydrogens (tertiary/aromatic N) is 3. The van der Waals surface area contributed by atoms with E-state index >= 15 is 0 Å². The highest BCUT2D eigenvalue weighted by molar-refractivity contribution is 5.92. The third-order valence-corrected chi connectivity index (χ3v) is 4.63. The summed E-state index contributed by atoms with van der Waals surface area (Å²) in [5.41, 5.74) is 1.52. The highest BCUT2D eigenvalue weighted by atomic mass is 16.5. The molecule has 2 fully saturated rings. The Balaban J connectivity index is 1.70. The summed E-state index contributed by atoms with van der Waals surface area (Å²) in [7, 11) is 0. The minimum absolute atomic E-state index is 0.00169. The van der Waals surface area contributed by atoms with E-state index in [-0.39, 0.29) is 12.5 Å². The smallest absolute Gasteiger partial charge is 0.272 e. The van der Waals surface area contributed by atoms with Crippen LogP contribution in [0.1, 0.15) is 34.9 Å². The standard InChI is InChI=1S/C17H25N3O3/c21-10-7-19-6-2-3-14(13-19)15-4-1-5-16(18-15)17(22)20-8-11-23-12-9-20/h1,4-5,14,21H,2-3,6-13H2. The number of likely N-dealkylation sites (tertiary alicyclic amines) is 1. The average Bonchev–Trinajstić information content (AvgIpc) is 2.62. The second kappa shape index (κ2) is 7.86. The van der Waals surface area contributed by atoms with Gasteiger partial charge < -0.3 is 19.6 Å². The number of rotatable bonds is 4. The van der Waals surface area contributed by atoms with Gasteiger partial charge in [-0.2, -0.15) is 0 Å². The predicted octanol–water partition coefficient (Wildman–Crippen LogP) is 0.726. The molecule has 6 heteroatoms. The topological polar surface area (TPSA) is 65.9 Å². The van der Waals surface area contributed by atoms with Gasteiger partial charge in [-0.3, -0.25) is 4.79 Å². The molecule has 1 aromatic rings. The summed E-state index contributed by atoms with van der Waals surface area (Å²) in [6.45, 7) is 5.32. The van der Waals surface area contributed by atoms with Gasteiger partial charge in [0.25, 0.3) is 5.91 Å². The van der Waals surface area contributed by atoms with E-state index in [1.807, 2.05) is 17.0 Å². The van der Waals surface area contributed by atoms with E-state index in [1.54, 1.807) is 6.07 Å².